The van der Waals surface area contributed by atoms with Crippen molar-refractivity contribution in [3.63, 3.8) is 0 Å². The molecule has 2 amide bonds. The van der Waals surface area contributed by atoms with Crippen LogP contribution in [0.25, 0.3) is 0 Å². The average molecular weight is 470 g/mol. The van der Waals surface area contributed by atoms with Gasteiger partial charge in [0.05, 0.1) is 23.1 Å². The smallest absolute Gasteiger partial charge is 0.410 e. The van der Waals surface area contributed by atoms with Crippen LogP contribution in [0.15, 0.2) is 22.7 Å². The van der Waals surface area contributed by atoms with Crippen molar-refractivity contribution >= 4 is 44.4 Å². The highest BCUT2D eigenvalue weighted by atomic mass is 79.9. The van der Waals surface area contributed by atoms with Gasteiger partial charge < -0.3 is 15.0 Å². The summed E-state index contributed by atoms with van der Waals surface area (Å²) in [7, 11) is 0. The number of carbonyl (C=O) groups excluding carboxylic acids is 2. The first-order valence-corrected chi connectivity index (χ1v) is 10.4. The van der Waals surface area contributed by atoms with Crippen LogP contribution in [0.3, 0.4) is 0 Å². The zero-order valence-electron chi connectivity index (χ0n) is 15.8. The van der Waals surface area contributed by atoms with Crippen LogP contribution in [-0.4, -0.2) is 34.0 Å². The number of carbonyl (C=O) groups is 2. The summed E-state index contributed by atoms with van der Waals surface area (Å²) in [5, 5.41) is 3.29. The number of ether oxygens (including phenoxy) is 1. The van der Waals surface area contributed by atoms with Gasteiger partial charge in [0.1, 0.15) is 11.4 Å². The molecular formula is C19H21BrFN3O3S. The molecule has 0 saturated heterocycles. The largest absolute Gasteiger partial charge is 0.444 e. The van der Waals surface area contributed by atoms with Gasteiger partial charge in [-0.25, -0.2) is 14.2 Å². The van der Waals surface area contributed by atoms with Crippen molar-refractivity contribution in [3.8, 4) is 0 Å². The predicted molar refractivity (Wildman–Crippen MR) is 109 cm³/mol. The number of nitrogens with one attached hydrogen (secondary N) is 1. The van der Waals surface area contributed by atoms with E-state index in [4.69, 9.17) is 4.74 Å². The lowest BCUT2D eigenvalue weighted by Gasteiger charge is -2.29. The van der Waals surface area contributed by atoms with Crippen LogP contribution in [0.4, 0.5) is 14.3 Å². The Bertz CT molecular complexity index is 910. The van der Waals surface area contributed by atoms with Gasteiger partial charge in [0.2, 0.25) is 5.91 Å². The first kappa shape index (κ1) is 20.7. The number of nitrogens with zero attached hydrogens (tertiary/aromatic N) is 2. The van der Waals surface area contributed by atoms with Crippen LogP contribution < -0.4 is 5.32 Å². The van der Waals surface area contributed by atoms with Crippen molar-refractivity contribution in [1.29, 1.82) is 0 Å². The Morgan fingerprint density at radius 1 is 1.39 bits per heavy atom. The Morgan fingerprint density at radius 3 is 2.82 bits per heavy atom. The molecule has 0 fully saturated rings. The summed E-state index contributed by atoms with van der Waals surface area (Å²) in [5.41, 5.74) is 1.05. The number of rotatable bonds is 3. The third kappa shape index (κ3) is 5.29. The van der Waals surface area contributed by atoms with Crippen LogP contribution in [0.1, 0.15) is 36.9 Å². The van der Waals surface area contributed by atoms with Crippen molar-refractivity contribution in [2.45, 2.75) is 45.8 Å². The van der Waals surface area contributed by atoms with Gasteiger partial charge in [-0.3, -0.25) is 4.79 Å². The van der Waals surface area contributed by atoms with Gasteiger partial charge in [-0.05, 0) is 54.4 Å². The van der Waals surface area contributed by atoms with Crippen LogP contribution in [-0.2, 0) is 28.9 Å². The van der Waals surface area contributed by atoms with Crippen molar-refractivity contribution in [3.05, 3.63) is 44.6 Å². The second-order valence-corrected chi connectivity index (χ2v) is 9.45. The zero-order valence-corrected chi connectivity index (χ0v) is 18.2. The van der Waals surface area contributed by atoms with E-state index in [1.165, 1.54) is 17.4 Å². The highest BCUT2D eigenvalue weighted by Gasteiger charge is 2.28. The van der Waals surface area contributed by atoms with Crippen molar-refractivity contribution in [2.24, 2.45) is 0 Å². The molecule has 3 rings (SSSR count). The Labute approximate surface area is 175 Å². The average Bonchev–Trinajstić information content (AvgIpc) is 2.97. The molecule has 1 aliphatic heterocycles. The Kier molecular flexibility index (Phi) is 6.04. The zero-order chi connectivity index (χ0) is 20.5. The molecule has 1 aromatic carbocycles. The van der Waals surface area contributed by atoms with E-state index in [1.54, 1.807) is 17.0 Å². The number of thiazole rings is 1. The fourth-order valence-electron chi connectivity index (χ4n) is 2.73. The number of anilines is 1. The summed E-state index contributed by atoms with van der Waals surface area (Å²) in [4.78, 5) is 31.6. The van der Waals surface area contributed by atoms with Crippen molar-refractivity contribution < 1.29 is 18.7 Å². The minimum atomic E-state index is -0.542. The summed E-state index contributed by atoms with van der Waals surface area (Å²) < 4.78 is 19.0. The van der Waals surface area contributed by atoms with Gasteiger partial charge >= 0.3 is 6.09 Å². The number of amides is 2. The van der Waals surface area contributed by atoms with E-state index in [-0.39, 0.29) is 24.2 Å². The molecule has 2 aromatic rings. The molecule has 150 valence electrons. The molecule has 0 aliphatic carbocycles. The van der Waals surface area contributed by atoms with Gasteiger partial charge in [-0.2, -0.15) is 0 Å². The maximum Gasteiger partial charge on any atom is 0.410 e. The van der Waals surface area contributed by atoms with Gasteiger partial charge in [0, 0.05) is 17.8 Å². The summed E-state index contributed by atoms with van der Waals surface area (Å²) in [5.74, 6) is -0.597. The predicted octanol–water partition coefficient (Wildman–Crippen LogP) is 4.52. The first-order chi connectivity index (χ1) is 13.1. The lowest BCUT2D eigenvalue weighted by Crippen LogP contribution is -2.39. The summed E-state index contributed by atoms with van der Waals surface area (Å²) in [6.45, 7) is 6.45. The number of benzene rings is 1. The Balaban J connectivity index is 1.61. The van der Waals surface area contributed by atoms with E-state index in [2.05, 4.69) is 26.2 Å². The fourth-order valence-corrected chi connectivity index (χ4v) is 4.20. The molecule has 0 radical (unpaired) electrons. The molecule has 9 heteroatoms. The van der Waals surface area contributed by atoms with Crippen LogP contribution in [0.2, 0.25) is 0 Å². The van der Waals surface area contributed by atoms with E-state index >= 15 is 0 Å². The molecule has 0 saturated carbocycles. The SMILES string of the molecule is CC(C)(C)OC(=O)N1CCc2nc(NC(=O)Cc3ccc(F)c(Br)c3)sc2C1. The van der Waals surface area contributed by atoms with Crippen LogP contribution >= 0.6 is 27.3 Å². The van der Waals surface area contributed by atoms with Gasteiger partial charge in [0.15, 0.2) is 5.13 Å². The van der Waals surface area contributed by atoms with Crippen LogP contribution in [0, 0.1) is 5.82 Å². The monoisotopic (exact) mass is 469 g/mol. The van der Waals surface area contributed by atoms with Gasteiger partial charge in [-0.15, -0.1) is 0 Å². The number of hydrogen-bond donors (Lipinski definition) is 1. The number of halogens is 2. The molecule has 2 heterocycles. The van der Waals surface area contributed by atoms with Gasteiger partial charge in [-0.1, -0.05) is 17.4 Å². The lowest BCUT2D eigenvalue weighted by atomic mass is 10.1. The normalized spacial score (nSPS) is 13.8. The quantitative estimate of drug-likeness (QED) is 0.716. The molecule has 1 aliphatic rings. The maximum absolute atomic E-state index is 13.3. The Morgan fingerprint density at radius 2 is 2.14 bits per heavy atom. The molecule has 1 N–H and O–H groups in total. The van der Waals surface area contributed by atoms with Crippen molar-refractivity contribution in [2.75, 3.05) is 11.9 Å². The van der Waals surface area contributed by atoms with Crippen LogP contribution in [0.5, 0.6) is 0 Å². The fraction of sp³-hybridized carbons (Fsp3) is 0.421. The topological polar surface area (TPSA) is 71.5 Å². The maximum atomic E-state index is 13.3. The highest BCUT2D eigenvalue weighted by molar-refractivity contribution is 9.10. The molecular weight excluding hydrogens is 449 g/mol. The summed E-state index contributed by atoms with van der Waals surface area (Å²) in [6.07, 6.45) is 0.387. The molecule has 0 unspecified atom stereocenters. The molecule has 1 aromatic heterocycles. The first-order valence-electron chi connectivity index (χ1n) is 8.81. The minimum Gasteiger partial charge on any atom is -0.444 e. The number of hydrogen-bond acceptors (Lipinski definition) is 5. The number of aromatic nitrogens is 1. The van der Waals surface area contributed by atoms with Gasteiger partial charge in [0.25, 0.3) is 0 Å². The van der Waals surface area contributed by atoms with E-state index in [0.717, 1.165) is 10.6 Å². The highest BCUT2D eigenvalue weighted by Crippen LogP contribution is 2.29. The van der Waals surface area contributed by atoms with Crippen molar-refractivity contribution in [1.82, 2.24) is 9.88 Å². The molecule has 0 atom stereocenters. The third-order valence-corrected chi connectivity index (χ3v) is 5.58. The summed E-state index contributed by atoms with van der Waals surface area (Å²) >= 11 is 4.47. The van der Waals surface area contributed by atoms with E-state index in [9.17, 15) is 14.0 Å². The molecule has 28 heavy (non-hydrogen) atoms. The Hall–Kier alpha value is -2.00. The molecule has 0 bridgehead atoms. The molecule has 0 spiro atoms. The second kappa shape index (κ2) is 8.16. The standard InChI is InChI=1S/C19H21BrFN3O3S/c1-19(2,3)27-18(26)24-7-6-14-15(10-24)28-17(22-14)23-16(25)9-11-4-5-13(21)12(20)8-11/h4-5,8H,6-7,9-10H2,1-3H3,(H,22,23,25). The lowest BCUT2D eigenvalue weighted by molar-refractivity contribution is -0.115. The second-order valence-electron chi connectivity index (χ2n) is 7.51. The molecule has 6 nitrogen and oxygen atoms in total. The summed E-state index contributed by atoms with van der Waals surface area (Å²) in [6, 6.07) is 4.48. The van der Waals surface area contributed by atoms with E-state index in [0.29, 0.717) is 34.7 Å². The minimum absolute atomic E-state index is 0.118. The number of fused-ring (bicyclic) bond motifs is 1. The van der Waals surface area contributed by atoms with E-state index in [1.807, 2.05) is 20.8 Å². The third-order valence-electron chi connectivity index (χ3n) is 3.98. The van der Waals surface area contributed by atoms with E-state index < -0.39 is 5.60 Å².